The van der Waals surface area contributed by atoms with Gasteiger partial charge in [-0.05, 0) is 31.0 Å². The molecule has 0 aromatic heterocycles. The highest BCUT2D eigenvalue weighted by Crippen LogP contribution is 2.20. The zero-order chi connectivity index (χ0) is 12.7. The minimum absolute atomic E-state index is 0.542. The minimum atomic E-state index is 0.542. The van der Waals surface area contributed by atoms with Crippen molar-refractivity contribution in [3.8, 4) is 0 Å². The predicted octanol–water partition coefficient (Wildman–Crippen LogP) is 3.83. The van der Waals surface area contributed by atoms with E-state index < -0.39 is 0 Å². The first-order valence-electron chi connectivity index (χ1n) is 6.13. The lowest BCUT2D eigenvalue weighted by Gasteiger charge is -2.30. The van der Waals surface area contributed by atoms with Gasteiger partial charge in [0.15, 0.2) is 0 Å². The molecule has 0 N–H and O–H groups in total. The Kier molecular flexibility index (Phi) is 6.60. The lowest BCUT2D eigenvalue weighted by Crippen LogP contribution is -2.35. The zero-order valence-corrected chi connectivity index (χ0v) is 12.5. The molecule has 0 radical (unpaired) electrons. The van der Waals surface area contributed by atoms with Gasteiger partial charge in [0.1, 0.15) is 0 Å². The highest BCUT2D eigenvalue weighted by Gasteiger charge is 2.12. The van der Waals surface area contributed by atoms with Gasteiger partial charge in [-0.2, -0.15) is 0 Å². The number of benzene rings is 1. The molecule has 17 heavy (non-hydrogen) atoms. The lowest BCUT2D eigenvalue weighted by atomic mass is 10.1. The van der Waals surface area contributed by atoms with Crippen molar-refractivity contribution in [3.05, 3.63) is 29.8 Å². The maximum Gasteiger partial charge on any atom is 0.0637 e. The Morgan fingerprint density at radius 3 is 2.41 bits per heavy atom. The Hall–Kier alpha value is -0.540. The number of ether oxygens (including phenoxy) is 1. The summed E-state index contributed by atoms with van der Waals surface area (Å²) in [6.07, 6.45) is 1.14. The molecule has 0 saturated carbocycles. The quantitative estimate of drug-likeness (QED) is 0.710. The molecule has 1 aromatic rings. The van der Waals surface area contributed by atoms with E-state index in [9.17, 15) is 0 Å². The first-order chi connectivity index (χ1) is 8.22. The monoisotopic (exact) mass is 299 g/mol. The van der Waals surface area contributed by atoms with Crippen LogP contribution in [0.3, 0.4) is 0 Å². The van der Waals surface area contributed by atoms with E-state index in [4.69, 9.17) is 4.74 Å². The van der Waals surface area contributed by atoms with Gasteiger partial charge in [-0.25, -0.2) is 0 Å². The fraction of sp³-hybridized carbons (Fsp3) is 0.571. The number of alkyl halides is 1. The number of rotatable bonds is 7. The second-order valence-corrected chi connectivity index (χ2v) is 4.80. The minimum Gasteiger partial charge on any atom is -0.383 e. The lowest BCUT2D eigenvalue weighted by molar-refractivity contribution is 0.203. The van der Waals surface area contributed by atoms with Crippen molar-refractivity contribution in [1.82, 2.24) is 0 Å². The maximum absolute atomic E-state index is 5.18. The summed E-state index contributed by atoms with van der Waals surface area (Å²) in [4.78, 5) is 2.40. The normalized spacial score (nSPS) is 12.5. The van der Waals surface area contributed by atoms with Gasteiger partial charge in [0.25, 0.3) is 0 Å². The molecule has 0 aliphatic heterocycles. The van der Waals surface area contributed by atoms with Crippen LogP contribution in [0, 0.1) is 0 Å². The van der Waals surface area contributed by atoms with Crippen LogP contribution < -0.4 is 4.90 Å². The molecule has 0 amide bonds. The third-order valence-corrected chi connectivity index (χ3v) is 3.73. The van der Waals surface area contributed by atoms with E-state index in [2.05, 4.69) is 58.9 Å². The van der Waals surface area contributed by atoms with Crippen molar-refractivity contribution in [3.63, 3.8) is 0 Å². The molecule has 1 rings (SSSR count). The van der Waals surface area contributed by atoms with Gasteiger partial charge in [-0.15, -0.1) is 0 Å². The summed E-state index contributed by atoms with van der Waals surface area (Å²) < 4.78 is 5.18. The Balaban J connectivity index is 2.79. The first-order valence-corrected chi connectivity index (χ1v) is 7.25. The highest BCUT2D eigenvalue weighted by atomic mass is 79.9. The number of hydrogen-bond acceptors (Lipinski definition) is 2. The topological polar surface area (TPSA) is 12.5 Å². The van der Waals surface area contributed by atoms with E-state index in [1.54, 1.807) is 7.11 Å². The fourth-order valence-corrected chi connectivity index (χ4v) is 2.16. The standard InChI is InChI=1S/C14H22BrNO/c1-4-12(2)16(9-10-17-3)14-7-5-13(11-15)6-8-14/h5-8,12H,4,9-11H2,1-3H3. The SMILES string of the molecule is CCC(C)N(CCOC)c1ccc(CBr)cc1. The number of anilines is 1. The fourth-order valence-electron chi connectivity index (χ4n) is 1.79. The van der Waals surface area contributed by atoms with Crippen molar-refractivity contribution in [1.29, 1.82) is 0 Å². The van der Waals surface area contributed by atoms with Gasteiger partial charge < -0.3 is 9.64 Å². The number of hydrogen-bond donors (Lipinski definition) is 0. The van der Waals surface area contributed by atoms with Crippen molar-refractivity contribution in [2.45, 2.75) is 31.6 Å². The Bertz CT molecular complexity index is 313. The van der Waals surface area contributed by atoms with Crippen LogP contribution in [0.1, 0.15) is 25.8 Å². The van der Waals surface area contributed by atoms with Crippen LogP contribution in [0.4, 0.5) is 5.69 Å². The molecule has 0 heterocycles. The molecular formula is C14H22BrNO. The molecule has 0 bridgehead atoms. The van der Waals surface area contributed by atoms with Gasteiger partial charge in [0.2, 0.25) is 0 Å². The average molecular weight is 300 g/mol. The molecule has 0 spiro atoms. The summed E-state index contributed by atoms with van der Waals surface area (Å²) in [6, 6.07) is 9.27. The second kappa shape index (κ2) is 7.72. The smallest absolute Gasteiger partial charge is 0.0637 e. The summed E-state index contributed by atoms with van der Waals surface area (Å²) in [5.41, 5.74) is 2.59. The number of methoxy groups -OCH3 is 1. The van der Waals surface area contributed by atoms with Crippen LogP contribution in [0.5, 0.6) is 0 Å². The molecular weight excluding hydrogens is 278 g/mol. The van der Waals surface area contributed by atoms with Crippen LogP contribution in [-0.4, -0.2) is 26.3 Å². The van der Waals surface area contributed by atoms with Crippen molar-refractivity contribution < 1.29 is 4.74 Å². The van der Waals surface area contributed by atoms with Gasteiger partial charge in [-0.3, -0.25) is 0 Å². The van der Waals surface area contributed by atoms with Crippen LogP contribution >= 0.6 is 15.9 Å². The number of halogens is 1. The largest absolute Gasteiger partial charge is 0.383 e. The molecule has 1 unspecified atom stereocenters. The van der Waals surface area contributed by atoms with Crippen LogP contribution in [0.25, 0.3) is 0 Å². The highest BCUT2D eigenvalue weighted by molar-refractivity contribution is 9.08. The van der Waals surface area contributed by atoms with Crippen LogP contribution in [-0.2, 0) is 10.1 Å². The third kappa shape index (κ3) is 4.32. The third-order valence-electron chi connectivity index (χ3n) is 3.08. The molecule has 0 fully saturated rings. The predicted molar refractivity (Wildman–Crippen MR) is 78.0 cm³/mol. The molecule has 1 atom stereocenters. The van der Waals surface area contributed by atoms with E-state index in [-0.39, 0.29) is 0 Å². The Morgan fingerprint density at radius 1 is 1.29 bits per heavy atom. The van der Waals surface area contributed by atoms with Crippen LogP contribution in [0.2, 0.25) is 0 Å². The zero-order valence-electron chi connectivity index (χ0n) is 10.9. The molecule has 0 aliphatic rings. The van der Waals surface area contributed by atoms with Gasteiger partial charge >= 0.3 is 0 Å². The Morgan fingerprint density at radius 2 is 1.94 bits per heavy atom. The second-order valence-electron chi connectivity index (χ2n) is 4.24. The van der Waals surface area contributed by atoms with E-state index in [1.807, 2.05) is 0 Å². The summed E-state index contributed by atoms with van der Waals surface area (Å²) in [7, 11) is 1.75. The van der Waals surface area contributed by atoms with E-state index in [1.165, 1.54) is 11.3 Å². The first kappa shape index (κ1) is 14.5. The summed E-state index contributed by atoms with van der Waals surface area (Å²) in [5, 5.41) is 0.911. The van der Waals surface area contributed by atoms with Crippen molar-refractivity contribution in [2.24, 2.45) is 0 Å². The molecule has 0 aliphatic carbocycles. The summed E-state index contributed by atoms with van der Waals surface area (Å²) in [6.45, 7) is 6.19. The van der Waals surface area contributed by atoms with Gasteiger partial charge in [0, 0.05) is 30.7 Å². The van der Waals surface area contributed by atoms with E-state index in [0.717, 1.165) is 24.9 Å². The summed E-state index contributed by atoms with van der Waals surface area (Å²) >= 11 is 3.47. The number of nitrogens with zero attached hydrogens (tertiary/aromatic N) is 1. The van der Waals surface area contributed by atoms with E-state index >= 15 is 0 Å². The van der Waals surface area contributed by atoms with Crippen molar-refractivity contribution >= 4 is 21.6 Å². The molecule has 2 nitrogen and oxygen atoms in total. The molecule has 3 heteroatoms. The van der Waals surface area contributed by atoms with E-state index in [0.29, 0.717) is 6.04 Å². The molecule has 0 saturated heterocycles. The van der Waals surface area contributed by atoms with Crippen molar-refractivity contribution in [2.75, 3.05) is 25.2 Å². The molecule has 96 valence electrons. The average Bonchev–Trinajstić information content (AvgIpc) is 2.39. The van der Waals surface area contributed by atoms with Crippen LogP contribution in [0.15, 0.2) is 24.3 Å². The maximum atomic E-state index is 5.18. The van der Waals surface area contributed by atoms with Gasteiger partial charge in [-0.1, -0.05) is 35.0 Å². The Labute approximate surface area is 113 Å². The molecule has 1 aromatic carbocycles. The van der Waals surface area contributed by atoms with Gasteiger partial charge in [0.05, 0.1) is 6.61 Å². The summed E-state index contributed by atoms with van der Waals surface area (Å²) in [5.74, 6) is 0.